The number of carbonyl (C=O) groups excluding carboxylic acids is 1. The first kappa shape index (κ1) is 15.5. The largest absolute Gasteiger partial charge is 0.344 e. The minimum Gasteiger partial charge on any atom is -0.344 e. The number of nitro benzene ring substituents is 1. The molecule has 7 heteroatoms. The van der Waals surface area contributed by atoms with Crippen LogP contribution in [-0.4, -0.2) is 10.8 Å². The lowest BCUT2D eigenvalue weighted by Crippen LogP contribution is -2.27. The normalized spacial score (nSPS) is 11.9. The molecule has 2 aromatic rings. The molecule has 1 aromatic carbocycles. The van der Waals surface area contributed by atoms with Crippen LogP contribution < -0.4 is 5.32 Å². The van der Waals surface area contributed by atoms with Gasteiger partial charge in [0.15, 0.2) is 0 Å². The number of nitro groups is 1. The van der Waals surface area contributed by atoms with Gasteiger partial charge in [0.1, 0.15) is 0 Å². The summed E-state index contributed by atoms with van der Waals surface area (Å²) in [5.74, 6) is -0.338. The van der Waals surface area contributed by atoms with E-state index in [2.05, 4.69) is 5.32 Å². The molecule has 21 heavy (non-hydrogen) atoms. The number of carbonyl (C=O) groups is 1. The van der Waals surface area contributed by atoms with E-state index in [1.165, 1.54) is 18.2 Å². The van der Waals surface area contributed by atoms with Gasteiger partial charge in [0.05, 0.1) is 21.6 Å². The Morgan fingerprint density at radius 2 is 2.24 bits per heavy atom. The summed E-state index contributed by atoms with van der Waals surface area (Å²) < 4.78 is 0. The molecule has 0 radical (unpaired) electrons. The molecule has 0 saturated heterocycles. The van der Waals surface area contributed by atoms with Crippen LogP contribution in [0, 0.1) is 10.1 Å². The standard InChI is InChI=1S/C14H13ClN2O3S/c1-2-12(13-4-3-7-21-13)16-14(18)10-6-5-9(17(19)20)8-11(10)15/h3-8,12H,2H2,1H3,(H,16,18). The summed E-state index contributed by atoms with van der Waals surface area (Å²) in [5, 5.41) is 15.6. The van der Waals surface area contributed by atoms with E-state index in [0.717, 1.165) is 11.3 Å². The second-order valence-electron chi connectivity index (χ2n) is 4.37. The highest BCUT2D eigenvalue weighted by molar-refractivity contribution is 7.10. The summed E-state index contributed by atoms with van der Waals surface area (Å²) in [6, 6.07) is 7.61. The van der Waals surface area contributed by atoms with Crippen molar-refractivity contribution in [2.24, 2.45) is 0 Å². The fourth-order valence-electron chi connectivity index (χ4n) is 1.90. The van der Waals surface area contributed by atoms with Crippen molar-refractivity contribution in [1.82, 2.24) is 5.32 Å². The summed E-state index contributed by atoms with van der Waals surface area (Å²) in [4.78, 5) is 23.4. The van der Waals surface area contributed by atoms with E-state index in [0.29, 0.717) is 0 Å². The first-order valence-electron chi connectivity index (χ1n) is 6.31. The fraction of sp³-hybridized carbons (Fsp3) is 0.214. The molecular weight excluding hydrogens is 312 g/mol. The Morgan fingerprint density at radius 1 is 1.48 bits per heavy atom. The molecule has 1 atom stereocenters. The molecule has 2 rings (SSSR count). The zero-order valence-corrected chi connectivity index (χ0v) is 12.8. The van der Waals surface area contributed by atoms with Gasteiger partial charge < -0.3 is 5.32 Å². The summed E-state index contributed by atoms with van der Waals surface area (Å²) in [6.45, 7) is 1.97. The van der Waals surface area contributed by atoms with Gasteiger partial charge in [0.25, 0.3) is 11.6 Å². The number of nitrogens with one attached hydrogen (secondary N) is 1. The molecular formula is C14H13ClN2O3S. The summed E-state index contributed by atoms with van der Waals surface area (Å²) >= 11 is 7.52. The number of amides is 1. The molecule has 1 heterocycles. The van der Waals surface area contributed by atoms with Crippen LogP contribution in [0.1, 0.15) is 34.6 Å². The molecule has 1 aromatic heterocycles. The van der Waals surface area contributed by atoms with Gasteiger partial charge in [-0.1, -0.05) is 24.6 Å². The molecule has 0 saturated carbocycles. The van der Waals surface area contributed by atoms with E-state index in [9.17, 15) is 14.9 Å². The number of nitrogens with zero attached hydrogens (tertiary/aromatic N) is 1. The lowest BCUT2D eigenvalue weighted by molar-refractivity contribution is -0.384. The average molecular weight is 325 g/mol. The van der Waals surface area contributed by atoms with Crippen LogP contribution >= 0.6 is 22.9 Å². The highest BCUT2D eigenvalue weighted by Crippen LogP contribution is 2.25. The first-order chi connectivity index (χ1) is 10.0. The average Bonchev–Trinajstić information content (AvgIpc) is 2.98. The van der Waals surface area contributed by atoms with E-state index in [1.54, 1.807) is 11.3 Å². The topological polar surface area (TPSA) is 72.2 Å². The lowest BCUT2D eigenvalue weighted by Gasteiger charge is -2.16. The van der Waals surface area contributed by atoms with Crippen molar-refractivity contribution in [2.75, 3.05) is 0 Å². The molecule has 0 bridgehead atoms. The lowest BCUT2D eigenvalue weighted by atomic mass is 10.1. The number of non-ortho nitro benzene ring substituents is 1. The minimum absolute atomic E-state index is 0.0720. The quantitative estimate of drug-likeness (QED) is 0.662. The van der Waals surface area contributed by atoms with Crippen LogP contribution in [0.2, 0.25) is 5.02 Å². The van der Waals surface area contributed by atoms with Crippen molar-refractivity contribution < 1.29 is 9.72 Å². The van der Waals surface area contributed by atoms with E-state index in [-0.39, 0.29) is 28.2 Å². The second-order valence-corrected chi connectivity index (χ2v) is 5.76. The molecule has 5 nitrogen and oxygen atoms in total. The third-order valence-electron chi connectivity index (χ3n) is 3.01. The number of rotatable bonds is 5. The van der Waals surface area contributed by atoms with Gasteiger partial charge in [-0.3, -0.25) is 14.9 Å². The summed E-state index contributed by atoms with van der Waals surface area (Å²) in [6.07, 6.45) is 0.747. The van der Waals surface area contributed by atoms with E-state index < -0.39 is 4.92 Å². The number of hydrogen-bond acceptors (Lipinski definition) is 4. The SMILES string of the molecule is CCC(NC(=O)c1ccc([N+](=O)[O-])cc1Cl)c1cccs1. The first-order valence-corrected chi connectivity index (χ1v) is 7.57. The highest BCUT2D eigenvalue weighted by atomic mass is 35.5. The van der Waals surface area contributed by atoms with Crippen LogP contribution in [0.15, 0.2) is 35.7 Å². The maximum Gasteiger partial charge on any atom is 0.270 e. The molecule has 0 aliphatic heterocycles. The maximum absolute atomic E-state index is 12.3. The zero-order chi connectivity index (χ0) is 15.4. The molecule has 1 amide bonds. The molecule has 1 N–H and O–H groups in total. The van der Waals surface area contributed by atoms with Gasteiger partial charge in [-0.25, -0.2) is 0 Å². The Morgan fingerprint density at radius 3 is 2.76 bits per heavy atom. The van der Waals surface area contributed by atoms with Crippen LogP contribution in [0.4, 0.5) is 5.69 Å². The van der Waals surface area contributed by atoms with Crippen LogP contribution in [0.25, 0.3) is 0 Å². The van der Waals surface area contributed by atoms with E-state index in [4.69, 9.17) is 11.6 Å². The van der Waals surface area contributed by atoms with Crippen molar-refractivity contribution in [3.63, 3.8) is 0 Å². The Hall–Kier alpha value is -1.92. The van der Waals surface area contributed by atoms with Crippen LogP contribution in [-0.2, 0) is 0 Å². The number of thiophene rings is 1. The Kier molecular flexibility index (Phi) is 4.93. The molecule has 0 aliphatic carbocycles. The smallest absolute Gasteiger partial charge is 0.270 e. The van der Waals surface area contributed by atoms with Crippen LogP contribution in [0.5, 0.6) is 0 Å². The second kappa shape index (κ2) is 6.69. The predicted molar refractivity (Wildman–Crippen MR) is 82.9 cm³/mol. The molecule has 0 spiro atoms. The van der Waals surface area contributed by atoms with Crippen molar-refractivity contribution in [1.29, 1.82) is 0 Å². The predicted octanol–water partition coefficient (Wildman–Crippen LogP) is 4.19. The van der Waals surface area contributed by atoms with Gasteiger partial charge in [-0.2, -0.15) is 0 Å². The van der Waals surface area contributed by atoms with Gasteiger partial charge in [0.2, 0.25) is 0 Å². The van der Waals surface area contributed by atoms with Crippen molar-refractivity contribution in [3.8, 4) is 0 Å². The highest BCUT2D eigenvalue weighted by Gasteiger charge is 2.18. The third kappa shape index (κ3) is 3.59. The van der Waals surface area contributed by atoms with E-state index in [1.807, 2.05) is 24.4 Å². The van der Waals surface area contributed by atoms with E-state index >= 15 is 0 Å². The van der Waals surface area contributed by atoms with Crippen molar-refractivity contribution in [2.45, 2.75) is 19.4 Å². The van der Waals surface area contributed by atoms with Gasteiger partial charge >= 0.3 is 0 Å². The number of hydrogen-bond donors (Lipinski definition) is 1. The fourth-order valence-corrected chi connectivity index (χ4v) is 3.02. The molecule has 0 fully saturated rings. The van der Waals surface area contributed by atoms with Crippen molar-refractivity contribution >= 4 is 34.5 Å². The molecule has 1 unspecified atom stereocenters. The number of benzene rings is 1. The zero-order valence-electron chi connectivity index (χ0n) is 11.2. The third-order valence-corrected chi connectivity index (χ3v) is 4.31. The minimum atomic E-state index is -0.548. The molecule has 0 aliphatic rings. The summed E-state index contributed by atoms with van der Waals surface area (Å²) in [7, 11) is 0. The van der Waals surface area contributed by atoms with Crippen LogP contribution in [0.3, 0.4) is 0 Å². The Labute approximate surface area is 130 Å². The summed E-state index contributed by atoms with van der Waals surface area (Å²) in [5.41, 5.74) is 0.0964. The maximum atomic E-state index is 12.3. The Bertz CT molecular complexity index is 658. The van der Waals surface area contributed by atoms with Gasteiger partial charge in [-0.15, -0.1) is 11.3 Å². The Balaban J connectivity index is 2.18. The van der Waals surface area contributed by atoms with Gasteiger partial charge in [-0.05, 0) is 23.9 Å². The van der Waals surface area contributed by atoms with Gasteiger partial charge in [0, 0.05) is 17.0 Å². The number of halogens is 1. The molecule has 110 valence electrons. The monoisotopic (exact) mass is 324 g/mol. The van der Waals surface area contributed by atoms with Crippen molar-refractivity contribution in [3.05, 3.63) is 61.3 Å².